The monoisotopic (exact) mass is 330 g/mol. The van der Waals surface area contributed by atoms with Crippen molar-refractivity contribution in [1.82, 2.24) is 9.88 Å². The van der Waals surface area contributed by atoms with Gasteiger partial charge in [-0.15, -0.1) is 0 Å². The van der Waals surface area contributed by atoms with E-state index >= 15 is 0 Å². The van der Waals surface area contributed by atoms with Crippen molar-refractivity contribution in [2.75, 3.05) is 6.54 Å². The number of ether oxygens (including phenoxy) is 1. The summed E-state index contributed by atoms with van der Waals surface area (Å²) in [7, 11) is 0. The first kappa shape index (κ1) is 15.4. The summed E-state index contributed by atoms with van der Waals surface area (Å²) in [6.07, 6.45) is 2.06. The molecule has 25 heavy (non-hydrogen) atoms. The Labute approximate surface area is 146 Å². The normalized spacial score (nSPS) is 16.2. The smallest absolute Gasteiger partial charge is 0.391 e. The zero-order chi connectivity index (χ0) is 17.1. The maximum Gasteiger partial charge on any atom is 0.417 e. The summed E-state index contributed by atoms with van der Waals surface area (Å²) in [5, 5.41) is 0. The fourth-order valence-corrected chi connectivity index (χ4v) is 3.31. The lowest BCUT2D eigenvalue weighted by Crippen LogP contribution is -2.42. The minimum atomic E-state index is -0.373. The van der Waals surface area contributed by atoms with Crippen LogP contribution in [0.2, 0.25) is 0 Å². The Morgan fingerprint density at radius 3 is 2.52 bits per heavy atom. The van der Waals surface area contributed by atoms with Gasteiger partial charge in [-0.05, 0) is 29.2 Å². The van der Waals surface area contributed by atoms with E-state index in [0.29, 0.717) is 12.4 Å². The standard InChI is InChI=1S/C21H18N2O2/c24-21(25-19-12-6-7-14-22-19)23-15-13-16-8-4-5-11-18(16)20(23)17-9-2-1-3-10-17/h1-12,14,20H,13,15H2/t20-/m1/s1. The van der Waals surface area contributed by atoms with Gasteiger partial charge in [-0.2, -0.15) is 0 Å². The van der Waals surface area contributed by atoms with Crippen LogP contribution in [0, 0.1) is 0 Å². The maximum absolute atomic E-state index is 12.8. The van der Waals surface area contributed by atoms with Crippen LogP contribution in [-0.4, -0.2) is 22.5 Å². The zero-order valence-corrected chi connectivity index (χ0v) is 13.7. The molecule has 0 radical (unpaired) electrons. The molecular weight excluding hydrogens is 312 g/mol. The van der Waals surface area contributed by atoms with E-state index in [0.717, 1.165) is 17.5 Å². The molecule has 1 amide bonds. The molecule has 1 aliphatic rings. The Balaban J connectivity index is 1.70. The van der Waals surface area contributed by atoms with Crippen molar-refractivity contribution in [3.63, 3.8) is 0 Å². The van der Waals surface area contributed by atoms with E-state index in [4.69, 9.17) is 4.74 Å². The minimum Gasteiger partial charge on any atom is -0.391 e. The Morgan fingerprint density at radius 2 is 1.72 bits per heavy atom. The Bertz CT molecular complexity index is 865. The molecule has 0 unspecified atom stereocenters. The Hall–Kier alpha value is -3.14. The van der Waals surface area contributed by atoms with Crippen molar-refractivity contribution in [1.29, 1.82) is 0 Å². The number of benzene rings is 2. The van der Waals surface area contributed by atoms with Crippen molar-refractivity contribution in [3.8, 4) is 5.88 Å². The molecule has 0 aliphatic carbocycles. The van der Waals surface area contributed by atoms with E-state index in [1.807, 2.05) is 42.5 Å². The lowest BCUT2D eigenvalue weighted by molar-refractivity contribution is 0.134. The highest BCUT2D eigenvalue weighted by Gasteiger charge is 2.33. The van der Waals surface area contributed by atoms with Crippen LogP contribution in [0.3, 0.4) is 0 Å². The molecule has 3 aromatic rings. The van der Waals surface area contributed by atoms with Gasteiger partial charge in [0, 0.05) is 18.8 Å². The van der Waals surface area contributed by atoms with Crippen molar-refractivity contribution >= 4 is 6.09 Å². The van der Waals surface area contributed by atoms with Gasteiger partial charge in [0.05, 0.1) is 6.04 Å². The van der Waals surface area contributed by atoms with Crippen molar-refractivity contribution in [2.45, 2.75) is 12.5 Å². The van der Waals surface area contributed by atoms with Crippen molar-refractivity contribution < 1.29 is 9.53 Å². The molecule has 0 bridgehead atoms. The average Bonchev–Trinajstić information content (AvgIpc) is 2.68. The summed E-state index contributed by atoms with van der Waals surface area (Å²) >= 11 is 0. The third-order valence-corrected chi connectivity index (χ3v) is 4.46. The van der Waals surface area contributed by atoms with Crippen LogP contribution in [0.5, 0.6) is 5.88 Å². The largest absolute Gasteiger partial charge is 0.417 e. The molecule has 4 rings (SSSR count). The second-order valence-electron chi connectivity index (χ2n) is 5.99. The number of aromatic nitrogens is 1. The minimum absolute atomic E-state index is 0.151. The molecule has 124 valence electrons. The third-order valence-electron chi connectivity index (χ3n) is 4.46. The highest BCUT2D eigenvalue weighted by atomic mass is 16.6. The van der Waals surface area contributed by atoms with E-state index in [1.165, 1.54) is 5.56 Å². The number of pyridine rings is 1. The molecule has 0 spiro atoms. The number of hydrogen-bond donors (Lipinski definition) is 0. The number of amides is 1. The van der Waals surface area contributed by atoms with E-state index in [1.54, 1.807) is 29.3 Å². The van der Waals surface area contributed by atoms with Crippen molar-refractivity contribution in [2.24, 2.45) is 0 Å². The number of rotatable bonds is 2. The van der Waals surface area contributed by atoms with Crippen LogP contribution in [-0.2, 0) is 6.42 Å². The number of carbonyl (C=O) groups excluding carboxylic acids is 1. The van der Waals surface area contributed by atoms with Crippen LogP contribution >= 0.6 is 0 Å². The van der Waals surface area contributed by atoms with Crippen molar-refractivity contribution in [3.05, 3.63) is 95.7 Å². The summed E-state index contributed by atoms with van der Waals surface area (Å²) in [6, 6.07) is 23.5. The molecule has 2 aromatic carbocycles. The molecule has 4 heteroatoms. The first-order valence-electron chi connectivity index (χ1n) is 8.35. The van der Waals surface area contributed by atoms with Gasteiger partial charge in [-0.25, -0.2) is 9.78 Å². The fraction of sp³-hybridized carbons (Fsp3) is 0.143. The summed E-state index contributed by atoms with van der Waals surface area (Å²) in [5.74, 6) is 0.318. The molecule has 4 nitrogen and oxygen atoms in total. The summed E-state index contributed by atoms with van der Waals surface area (Å²) in [6.45, 7) is 0.613. The van der Waals surface area contributed by atoms with Gasteiger partial charge < -0.3 is 4.74 Å². The Morgan fingerprint density at radius 1 is 0.960 bits per heavy atom. The van der Waals surface area contributed by atoms with E-state index in [-0.39, 0.29) is 12.1 Å². The van der Waals surface area contributed by atoms with Crippen LogP contribution in [0.1, 0.15) is 22.7 Å². The topological polar surface area (TPSA) is 42.4 Å². The number of nitrogens with zero attached hydrogens (tertiary/aromatic N) is 2. The lowest BCUT2D eigenvalue weighted by atomic mass is 9.88. The Kier molecular flexibility index (Phi) is 4.17. The SMILES string of the molecule is O=C(Oc1ccccn1)N1CCc2ccccc2[C@H]1c1ccccc1. The van der Waals surface area contributed by atoms with Crippen LogP contribution in [0.15, 0.2) is 79.0 Å². The molecule has 2 heterocycles. The van der Waals surface area contributed by atoms with Gasteiger partial charge >= 0.3 is 6.09 Å². The van der Waals surface area contributed by atoms with Gasteiger partial charge in [0.15, 0.2) is 0 Å². The maximum atomic E-state index is 12.8. The predicted octanol–water partition coefficient (Wildman–Crippen LogP) is 4.23. The summed E-state index contributed by atoms with van der Waals surface area (Å²) < 4.78 is 5.50. The highest BCUT2D eigenvalue weighted by molar-refractivity contribution is 5.72. The molecule has 0 saturated heterocycles. The third kappa shape index (κ3) is 3.11. The zero-order valence-electron chi connectivity index (χ0n) is 13.7. The van der Waals surface area contributed by atoms with Crippen LogP contribution < -0.4 is 4.74 Å². The second-order valence-corrected chi connectivity index (χ2v) is 5.99. The second kappa shape index (κ2) is 6.77. The first-order chi connectivity index (χ1) is 12.3. The predicted molar refractivity (Wildman–Crippen MR) is 95.4 cm³/mol. The van der Waals surface area contributed by atoms with Gasteiger partial charge in [-0.1, -0.05) is 60.7 Å². The van der Waals surface area contributed by atoms with Gasteiger partial charge in [0.1, 0.15) is 0 Å². The number of fused-ring (bicyclic) bond motifs is 1. The number of hydrogen-bond acceptors (Lipinski definition) is 3. The molecule has 1 aliphatic heterocycles. The lowest BCUT2D eigenvalue weighted by Gasteiger charge is -2.36. The van der Waals surface area contributed by atoms with Gasteiger partial charge in [0.2, 0.25) is 5.88 Å². The van der Waals surface area contributed by atoms with Gasteiger partial charge in [0.25, 0.3) is 0 Å². The molecule has 1 aromatic heterocycles. The highest BCUT2D eigenvalue weighted by Crippen LogP contribution is 2.35. The summed E-state index contributed by atoms with van der Waals surface area (Å²) in [5.41, 5.74) is 3.50. The molecular formula is C21H18N2O2. The molecule has 0 saturated carbocycles. The van der Waals surface area contributed by atoms with Crippen LogP contribution in [0.25, 0.3) is 0 Å². The summed E-state index contributed by atoms with van der Waals surface area (Å²) in [4.78, 5) is 18.7. The van der Waals surface area contributed by atoms with E-state index in [9.17, 15) is 4.79 Å². The fourth-order valence-electron chi connectivity index (χ4n) is 3.31. The molecule has 0 fully saturated rings. The quantitative estimate of drug-likeness (QED) is 0.706. The molecule has 1 atom stereocenters. The first-order valence-corrected chi connectivity index (χ1v) is 8.35. The average molecular weight is 330 g/mol. The van der Waals surface area contributed by atoms with Crippen LogP contribution in [0.4, 0.5) is 4.79 Å². The van der Waals surface area contributed by atoms with Gasteiger partial charge in [-0.3, -0.25) is 4.90 Å². The van der Waals surface area contributed by atoms with E-state index < -0.39 is 0 Å². The number of carbonyl (C=O) groups is 1. The molecule has 0 N–H and O–H groups in total. The van der Waals surface area contributed by atoms with E-state index in [2.05, 4.69) is 17.1 Å².